The number of methoxy groups -OCH3 is 1. The second-order valence-corrected chi connectivity index (χ2v) is 4.39. The number of nitrogens with two attached hydrogens (primary N) is 1. The number of hydrogen-bond acceptors (Lipinski definition) is 5. The molecule has 1 heterocycles. The van der Waals surface area contributed by atoms with Gasteiger partial charge in [-0.05, 0) is 24.1 Å². The van der Waals surface area contributed by atoms with Crippen molar-refractivity contribution >= 4 is 5.82 Å². The highest BCUT2D eigenvalue weighted by Gasteiger charge is 2.04. The molecule has 1 aromatic heterocycles. The van der Waals surface area contributed by atoms with Crippen molar-refractivity contribution in [1.29, 1.82) is 0 Å². The lowest BCUT2D eigenvalue weighted by molar-refractivity contribution is 0.202. The van der Waals surface area contributed by atoms with Gasteiger partial charge < -0.3 is 15.2 Å². The van der Waals surface area contributed by atoms with E-state index in [0.29, 0.717) is 24.1 Å². The summed E-state index contributed by atoms with van der Waals surface area (Å²) in [5.41, 5.74) is 6.93. The van der Waals surface area contributed by atoms with E-state index in [4.69, 9.17) is 15.2 Å². The van der Waals surface area contributed by atoms with Crippen LogP contribution in [0.2, 0.25) is 0 Å². The number of nitrogen functional groups attached to an aromatic ring is 1. The van der Waals surface area contributed by atoms with E-state index < -0.39 is 0 Å². The molecule has 0 saturated heterocycles. The molecule has 0 bridgehead atoms. The minimum absolute atomic E-state index is 0.420. The lowest BCUT2D eigenvalue weighted by Gasteiger charge is -2.07. The average molecular weight is 273 g/mol. The van der Waals surface area contributed by atoms with Gasteiger partial charge in [-0.3, -0.25) is 0 Å². The maximum atomic E-state index is 5.72. The summed E-state index contributed by atoms with van der Waals surface area (Å²) in [6.45, 7) is 2.69. The summed E-state index contributed by atoms with van der Waals surface area (Å²) < 4.78 is 10.7. The molecule has 20 heavy (non-hydrogen) atoms. The number of anilines is 1. The standard InChI is InChI=1S/C15H19N3O2/c1-3-14-17-13(16)10-15(18-14)20-12-6-4-11(5-7-12)8-9-19-2/h4-7,10H,3,8-9H2,1-2H3,(H2,16,17,18). The minimum Gasteiger partial charge on any atom is -0.439 e. The Kier molecular flexibility index (Phi) is 4.90. The van der Waals surface area contributed by atoms with Crippen LogP contribution >= 0.6 is 0 Å². The highest BCUT2D eigenvalue weighted by atomic mass is 16.5. The monoisotopic (exact) mass is 273 g/mol. The summed E-state index contributed by atoms with van der Waals surface area (Å²) in [6.07, 6.45) is 1.61. The molecule has 0 aliphatic heterocycles. The Balaban J connectivity index is 2.07. The van der Waals surface area contributed by atoms with Crippen molar-refractivity contribution in [2.75, 3.05) is 19.5 Å². The van der Waals surface area contributed by atoms with Crippen molar-refractivity contribution in [3.8, 4) is 11.6 Å². The van der Waals surface area contributed by atoms with Crippen molar-refractivity contribution in [3.05, 3.63) is 41.7 Å². The van der Waals surface area contributed by atoms with Gasteiger partial charge in [-0.15, -0.1) is 0 Å². The largest absolute Gasteiger partial charge is 0.439 e. The first kappa shape index (κ1) is 14.3. The normalized spacial score (nSPS) is 10.5. The van der Waals surface area contributed by atoms with E-state index in [1.807, 2.05) is 31.2 Å². The van der Waals surface area contributed by atoms with E-state index in [-0.39, 0.29) is 0 Å². The maximum absolute atomic E-state index is 5.72. The van der Waals surface area contributed by atoms with Crippen molar-refractivity contribution in [2.24, 2.45) is 0 Å². The Bertz CT molecular complexity index is 556. The van der Waals surface area contributed by atoms with Crippen molar-refractivity contribution in [1.82, 2.24) is 9.97 Å². The third-order valence-corrected chi connectivity index (χ3v) is 2.83. The molecule has 0 saturated carbocycles. The zero-order valence-electron chi connectivity index (χ0n) is 11.8. The van der Waals surface area contributed by atoms with Crippen LogP contribution in [-0.2, 0) is 17.6 Å². The molecule has 106 valence electrons. The summed E-state index contributed by atoms with van der Waals surface area (Å²) in [5.74, 6) is 2.30. The van der Waals surface area contributed by atoms with Crippen LogP contribution < -0.4 is 10.5 Å². The predicted molar refractivity (Wildman–Crippen MR) is 77.9 cm³/mol. The molecule has 0 aliphatic rings. The predicted octanol–water partition coefficient (Wildman–Crippen LogP) is 2.60. The van der Waals surface area contributed by atoms with Gasteiger partial charge in [-0.25, -0.2) is 4.98 Å². The Morgan fingerprint density at radius 3 is 2.55 bits per heavy atom. The molecule has 5 heteroatoms. The van der Waals surface area contributed by atoms with Crippen LogP contribution in [0.3, 0.4) is 0 Å². The second kappa shape index (κ2) is 6.86. The number of aromatic nitrogens is 2. The summed E-state index contributed by atoms with van der Waals surface area (Å²) >= 11 is 0. The summed E-state index contributed by atoms with van der Waals surface area (Å²) in [7, 11) is 1.70. The van der Waals surface area contributed by atoms with E-state index in [1.54, 1.807) is 13.2 Å². The first-order chi connectivity index (χ1) is 9.71. The van der Waals surface area contributed by atoms with E-state index in [1.165, 1.54) is 5.56 Å². The van der Waals surface area contributed by atoms with Crippen molar-refractivity contribution < 1.29 is 9.47 Å². The smallest absolute Gasteiger partial charge is 0.224 e. The van der Waals surface area contributed by atoms with Gasteiger partial charge in [0.25, 0.3) is 0 Å². The third-order valence-electron chi connectivity index (χ3n) is 2.83. The topological polar surface area (TPSA) is 70.3 Å². The molecule has 0 unspecified atom stereocenters. The number of rotatable bonds is 6. The number of ether oxygens (including phenoxy) is 2. The molecule has 0 radical (unpaired) electrons. The van der Waals surface area contributed by atoms with Crippen LogP contribution in [0.4, 0.5) is 5.82 Å². The molecule has 0 amide bonds. The van der Waals surface area contributed by atoms with Crippen LogP contribution in [0.5, 0.6) is 11.6 Å². The number of hydrogen-bond donors (Lipinski definition) is 1. The fourth-order valence-electron chi connectivity index (χ4n) is 1.77. The molecule has 2 N–H and O–H groups in total. The van der Waals surface area contributed by atoms with E-state index in [2.05, 4.69) is 9.97 Å². The van der Waals surface area contributed by atoms with Gasteiger partial charge in [0.05, 0.1) is 6.61 Å². The maximum Gasteiger partial charge on any atom is 0.224 e. The Labute approximate surface area is 118 Å². The Morgan fingerprint density at radius 1 is 1.15 bits per heavy atom. The average Bonchev–Trinajstić information content (AvgIpc) is 2.46. The van der Waals surface area contributed by atoms with Crippen molar-refractivity contribution in [3.63, 3.8) is 0 Å². The molecule has 1 aromatic carbocycles. The fraction of sp³-hybridized carbons (Fsp3) is 0.333. The van der Waals surface area contributed by atoms with Crippen LogP contribution in [0.25, 0.3) is 0 Å². The highest BCUT2D eigenvalue weighted by molar-refractivity contribution is 5.36. The summed E-state index contributed by atoms with van der Waals surface area (Å²) in [5, 5.41) is 0. The minimum atomic E-state index is 0.420. The molecule has 2 rings (SSSR count). The third kappa shape index (κ3) is 3.93. The number of aryl methyl sites for hydroxylation is 1. The SMILES string of the molecule is CCc1nc(N)cc(Oc2ccc(CCOC)cc2)n1. The van der Waals surface area contributed by atoms with Gasteiger partial charge in [0.2, 0.25) is 5.88 Å². The van der Waals surface area contributed by atoms with Crippen LogP contribution in [0, 0.1) is 0 Å². The molecule has 2 aromatic rings. The lowest BCUT2D eigenvalue weighted by Crippen LogP contribution is -2.00. The zero-order chi connectivity index (χ0) is 14.4. The van der Waals surface area contributed by atoms with Crippen LogP contribution in [0.15, 0.2) is 30.3 Å². The molecular weight excluding hydrogens is 254 g/mol. The number of nitrogens with zero attached hydrogens (tertiary/aromatic N) is 2. The van der Waals surface area contributed by atoms with Gasteiger partial charge in [-0.2, -0.15) is 4.98 Å². The first-order valence-corrected chi connectivity index (χ1v) is 6.60. The molecule has 0 aliphatic carbocycles. The quantitative estimate of drug-likeness (QED) is 0.876. The van der Waals surface area contributed by atoms with Gasteiger partial charge in [0.1, 0.15) is 17.4 Å². The van der Waals surface area contributed by atoms with E-state index in [0.717, 1.165) is 18.6 Å². The number of benzene rings is 1. The van der Waals surface area contributed by atoms with Crippen LogP contribution in [0.1, 0.15) is 18.3 Å². The van der Waals surface area contributed by atoms with Crippen LogP contribution in [-0.4, -0.2) is 23.7 Å². The van der Waals surface area contributed by atoms with Crippen molar-refractivity contribution in [2.45, 2.75) is 19.8 Å². The zero-order valence-corrected chi connectivity index (χ0v) is 11.8. The summed E-state index contributed by atoms with van der Waals surface area (Å²) in [6, 6.07) is 9.47. The molecular formula is C15H19N3O2. The van der Waals surface area contributed by atoms with E-state index in [9.17, 15) is 0 Å². The lowest BCUT2D eigenvalue weighted by atomic mass is 10.1. The van der Waals surface area contributed by atoms with Gasteiger partial charge in [-0.1, -0.05) is 19.1 Å². The molecule has 0 fully saturated rings. The highest BCUT2D eigenvalue weighted by Crippen LogP contribution is 2.21. The molecule has 5 nitrogen and oxygen atoms in total. The fourth-order valence-corrected chi connectivity index (χ4v) is 1.77. The van der Waals surface area contributed by atoms with Gasteiger partial charge >= 0.3 is 0 Å². The summed E-state index contributed by atoms with van der Waals surface area (Å²) in [4.78, 5) is 8.40. The first-order valence-electron chi connectivity index (χ1n) is 6.60. The molecule has 0 spiro atoms. The molecule has 0 atom stereocenters. The second-order valence-electron chi connectivity index (χ2n) is 4.39. The van der Waals surface area contributed by atoms with Gasteiger partial charge in [0, 0.05) is 19.6 Å². The Hall–Kier alpha value is -2.14. The van der Waals surface area contributed by atoms with Gasteiger partial charge in [0.15, 0.2) is 0 Å². The van der Waals surface area contributed by atoms with E-state index >= 15 is 0 Å². The Morgan fingerprint density at radius 2 is 1.90 bits per heavy atom.